The minimum absolute atomic E-state index is 0.363. The van der Waals surface area contributed by atoms with Crippen LogP contribution >= 0.6 is 0 Å². The summed E-state index contributed by atoms with van der Waals surface area (Å²) in [6, 6.07) is 0. The molecular formula is C11H22N2O3. The lowest BCUT2D eigenvalue weighted by molar-refractivity contribution is 0.0171. The summed E-state index contributed by atoms with van der Waals surface area (Å²) in [5, 5.41) is 5.82. The summed E-state index contributed by atoms with van der Waals surface area (Å²) in [5.41, 5.74) is -0.432. The fourth-order valence-electron chi connectivity index (χ4n) is 1.21. The van der Waals surface area contributed by atoms with E-state index in [0.29, 0.717) is 19.3 Å². The average Bonchev–Trinajstić information content (AvgIpc) is 2.04. The number of hydrogen-bond donors (Lipinski definition) is 2. The lowest BCUT2D eigenvalue weighted by Crippen LogP contribution is -2.48. The van der Waals surface area contributed by atoms with Crippen molar-refractivity contribution in [2.24, 2.45) is 0 Å². The molecule has 1 aliphatic rings. The molecular weight excluding hydrogens is 208 g/mol. The molecule has 1 amide bonds. The molecule has 94 valence electrons. The topological polar surface area (TPSA) is 59.6 Å². The van der Waals surface area contributed by atoms with Crippen LogP contribution < -0.4 is 10.6 Å². The molecule has 0 aliphatic carbocycles. The lowest BCUT2D eigenvalue weighted by Gasteiger charge is -2.27. The van der Waals surface area contributed by atoms with E-state index < -0.39 is 5.60 Å². The van der Waals surface area contributed by atoms with Crippen LogP contribution in [-0.4, -0.2) is 44.0 Å². The van der Waals surface area contributed by atoms with Gasteiger partial charge in [-0.2, -0.15) is 0 Å². The Balaban J connectivity index is 1.91. The number of nitrogens with one attached hydrogen (secondary N) is 2. The summed E-state index contributed by atoms with van der Waals surface area (Å²) in [6.45, 7) is 8.70. The first-order chi connectivity index (χ1) is 7.47. The van der Waals surface area contributed by atoms with Crippen molar-refractivity contribution in [3.63, 3.8) is 0 Å². The number of amides is 1. The van der Waals surface area contributed by atoms with Gasteiger partial charge in [-0.25, -0.2) is 4.79 Å². The number of carbonyl (C=O) groups is 1. The van der Waals surface area contributed by atoms with Crippen LogP contribution in [0.5, 0.6) is 0 Å². The summed E-state index contributed by atoms with van der Waals surface area (Å²) in [4.78, 5) is 11.2. The first-order valence-corrected chi connectivity index (χ1v) is 5.76. The molecule has 1 saturated heterocycles. The van der Waals surface area contributed by atoms with Crippen molar-refractivity contribution < 1.29 is 14.3 Å². The molecule has 1 rings (SSSR count). The Bertz CT molecular complexity index is 222. The van der Waals surface area contributed by atoms with E-state index in [2.05, 4.69) is 10.6 Å². The predicted molar refractivity (Wildman–Crippen MR) is 61.5 cm³/mol. The molecule has 5 nitrogen and oxygen atoms in total. The number of carbonyl (C=O) groups excluding carboxylic acids is 1. The maximum absolute atomic E-state index is 11.2. The summed E-state index contributed by atoms with van der Waals surface area (Å²) < 4.78 is 10.6. The SMILES string of the molecule is CC(C)(C)OC(=O)NCCCOC1CNC1. The van der Waals surface area contributed by atoms with E-state index in [9.17, 15) is 4.79 Å². The normalized spacial score (nSPS) is 16.7. The number of alkyl carbamates (subject to hydrolysis) is 1. The van der Waals surface area contributed by atoms with Crippen molar-refractivity contribution in [1.82, 2.24) is 10.6 Å². The molecule has 0 aromatic carbocycles. The van der Waals surface area contributed by atoms with Gasteiger partial charge in [0, 0.05) is 26.2 Å². The third-order valence-corrected chi connectivity index (χ3v) is 2.09. The molecule has 0 aromatic rings. The zero-order valence-corrected chi connectivity index (χ0v) is 10.3. The molecule has 0 unspecified atom stereocenters. The van der Waals surface area contributed by atoms with Gasteiger partial charge < -0.3 is 20.1 Å². The quantitative estimate of drug-likeness (QED) is 0.689. The summed E-state index contributed by atoms with van der Waals surface area (Å²) in [7, 11) is 0. The highest BCUT2D eigenvalue weighted by molar-refractivity contribution is 5.67. The number of ether oxygens (including phenoxy) is 2. The lowest BCUT2D eigenvalue weighted by atomic mass is 10.2. The second-order valence-corrected chi connectivity index (χ2v) is 4.93. The molecule has 5 heteroatoms. The first kappa shape index (κ1) is 13.3. The fraction of sp³-hybridized carbons (Fsp3) is 0.909. The van der Waals surface area contributed by atoms with Crippen LogP contribution in [0.25, 0.3) is 0 Å². The van der Waals surface area contributed by atoms with Crippen LogP contribution in [0.3, 0.4) is 0 Å². The number of hydrogen-bond acceptors (Lipinski definition) is 4. The van der Waals surface area contributed by atoms with Gasteiger partial charge in [-0.3, -0.25) is 0 Å². The second-order valence-electron chi connectivity index (χ2n) is 4.93. The fourth-order valence-corrected chi connectivity index (χ4v) is 1.21. The van der Waals surface area contributed by atoms with Gasteiger partial charge in [0.2, 0.25) is 0 Å². The third kappa shape index (κ3) is 5.92. The Labute approximate surface area is 96.9 Å². The van der Waals surface area contributed by atoms with E-state index in [1.54, 1.807) is 0 Å². The summed E-state index contributed by atoms with van der Waals surface area (Å²) in [6.07, 6.45) is 0.815. The Hall–Kier alpha value is -0.810. The zero-order chi connectivity index (χ0) is 12.0. The van der Waals surface area contributed by atoms with Crippen molar-refractivity contribution >= 4 is 6.09 Å². The Morgan fingerprint density at radius 2 is 2.12 bits per heavy atom. The van der Waals surface area contributed by atoms with E-state index in [1.807, 2.05) is 20.8 Å². The van der Waals surface area contributed by atoms with Crippen molar-refractivity contribution in [2.75, 3.05) is 26.2 Å². The van der Waals surface area contributed by atoms with E-state index in [4.69, 9.17) is 9.47 Å². The maximum atomic E-state index is 11.2. The van der Waals surface area contributed by atoms with Gasteiger partial charge in [0.05, 0.1) is 6.10 Å². The van der Waals surface area contributed by atoms with Crippen molar-refractivity contribution in [2.45, 2.75) is 38.9 Å². The van der Waals surface area contributed by atoms with E-state index in [-0.39, 0.29) is 6.09 Å². The van der Waals surface area contributed by atoms with Gasteiger partial charge in [0.1, 0.15) is 5.60 Å². The largest absolute Gasteiger partial charge is 0.444 e. The highest BCUT2D eigenvalue weighted by Crippen LogP contribution is 2.06. The molecule has 0 atom stereocenters. The molecule has 1 aliphatic heterocycles. The Morgan fingerprint density at radius 1 is 1.44 bits per heavy atom. The highest BCUT2D eigenvalue weighted by Gasteiger charge is 2.17. The average molecular weight is 230 g/mol. The third-order valence-electron chi connectivity index (χ3n) is 2.09. The second kappa shape index (κ2) is 6.06. The Morgan fingerprint density at radius 3 is 2.62 bits per heavy atom. The van der Waals surface area contributed by atoms with Crippen molar-refractivity contribution in [3.8, 4) is 0 Å². The minimum Gasteiger partial charge on any atom is -0.444 e. The monoisotopic (exact) mass is 230 g/mol. The first-order valence-electron chi connectivity index (χ1n) is 5.76. The molecule has 0 radical (unpaired) electrons. The van der Waals surface area contributed by atoms with Crippen LogP contribution in [0.15, 0.2) is 0 Å². The van der Waals surface area contributed by atoms with Crippen LogP contribution in [-0.2, 0) is 9.47 Å². The van der Waals surface area contributed by atoms with Gasteiger partial charge in [0.15, 0.2) is 0 Å². The molecule has 1 heterocycles. The van der Waals surface area contributed by atoms with Crippen LogP contribution in [0.4, 0.5) is 4.79 Å². The van der Waals surface area contributed by atoms with Crippen LogP contribution in [0, 0.1) is 0 Å². The molecule has 0 saturated carbocycles. The van der Waals surface area contributed by atoms with Crippen LogP contribution in [0.2, 0.25) is 0 Å². The zero-order valence-electron chi connectivity index (χ0n) is 10.3. The Kier molecular flexibility index (Phi) is 5.02. The van der Waals surface area contributed by atoms with E-state index in [0.717, 1.165) is 19.5 Å². The minimum atomic E-state index is -0.432. The van der Waals surface area contributed by atoms with E-state index >= 15 is 0 Å². The standard InChI is InChI=1S/C11H22N2O3/c1-11(2,3)16-10(14)13-5-4-6-15-9-7-12-8-9/h9,12H,4-8H2,1-3H3,(H,13,14). The maximum Gasteiger partial charge on any atom is 0.407 e. The number of rotatable bonds is 5. The van der Waals surface area contributed by atoms with Gasteiger partial charge in [-0.15, -0.1) is 0 Å². The highest BCUT2D eigenvalue weighted by atomic mass is 16.6. The van der Waals surface area contributed by atoms with E-state index in [1.165, 1.54) is 0 Å². The van der Waals surface area contributed by atoms with Crippen molar-refractivity contribution in [1.29, 1.82) is 0 Å². The molecule has 0 spiro atoms. The molecule has 0 bridgehead atoms. The smallest absolute Gasteiger partial charge is 0.407 e. The molecule has 2 N–H and O–H groups in total. The van der Waals surface area contributed by atoms with Crippen molar-refractivity contribution in [3.05, 3.63) is 0 Å². The van der Waals surface area contributed by atoms with Crippen LogP contribution in [0.1, 0.15) is 27.2 Å². The predicted octanol–water partition coefficient (Wildman–Crippen LogP) is 0.890. The molecule has 0 aromatic heterocycles. The van der Waals surface area contributed by atoms with Gasteiger partial charge in [0.25, 0.3) is 0 Å². The van der Waals surface area contributed by atoms with Gasteiger partial charge in [-0.05, 0) is 27.2 Å². The van der Waals surface area contributed by atoms with Gasteiger partial charge >= 0.3 is 6.09 Å². The molecule has 16 heavy (non-hydrogen) atoms. The summed E-state index contributed by atoms with van der Waals surface area (Å²) in [5.74, 6) is 0. The summed E-state index contributed by atoms with van der Waals surface area (Å²) >= 11 is 0. The molecule has 1 fully saturated rings. The van der Waals surface area contributed by atoms with Gasteiger partial charge in [-0.1, -0.05) is 0 Å².